The molecular weight excluding hydrogens is 438 g/mol. The molecule has 158 valence electrons. The van der Waals surface area contributed by atoms with E-state index in [4.69, 9.17) is 21.1 Å². The second-order valence-corrected chi connectivity index (χ2v) is 8.31. The first kappa shape index (κ1) is 20.9. The van der Waals surface area contributed by atoms with Gasteiger partial charge in [0.2, 0.25) is 0 Å². The second-order valence-electron chi connectivity index (χ2n) is 6.66. The lowest BCUT2D eigenvalue weighted by Crippen LogP contribution is -2.20. The molecule has 0 radical (unpaired) electrons. The molecule has 1 amide bonds. The number of aryl methyl sites for hydroxylation is 1. The molecule has 0 spiro atoms. The molecule has 0 aliphatic rings. The number of amides is 1. The number of para-hydroxylation sites is 1. The maximum absolute atomic E-state index is 12.3. The van der Waals surface area contributed by atoms with Gasteiger partial charge < -0.3 is 14.8 Å². The highest BCUT2D eigenvalue weighted by atomic mass is 35.5. The van der Waals surface area contributed by atoms with Crippen LogP contribution in [0.3, 0.4) is 0 Å². The van der Waals surface area contributed by atoms with E-state index in [1.54, 1.807) is 36.5 Å². The first-order chi connectivity index (χ1) is 15.0. The summed E-state index contributed by atoms with van der Waals surface area (Å²) in [6, 6.07) is 15.4. The van der Waals surface area contributed by atoms with E-state index < -0.39 is 0 Å². The maximum atomic E-state index is 12.3. The topological polar surface area (TPSA) is 81.9 Å². The molecule has 1 N–H and O–H groups in total. The number of hydrogen-bond donors (Lipinski definition) is 1. The molecule has 0 fully saturated rings. The lowest BCUT2D eigenvalue weighted by atomic mass is 10.3. The fraction of sp³-hybridized carbons (Fsp3) is 0.136. The van der Waals surface area contributed by atoms with E-state index in [0.29, 0.717) is 32.9 Å². The summed E-state index contributed by atoms with van der Waals surface area (Å²) in [6.45, 7) is 1.82. The third-order valence-corrected chi connectivity index (χ3v) is 5.37. The van der Waals surface area contributed by atoms with Gasteiger partial charge in [-0.25, -0.2) is 4.98 Å². The van der Waals surface area contributed by atoms with Crippen LogP contribution < -0.4 is 20.3 Å². The second kappa shape index (κ2) is 9.20. The van der Waals surface area contributed by atoms with Crippen LogP contribution in [0.4, 0.5) is 5.69 Å². The smallest absolute Gasteiger partial charge is 0.262 e. The van der Waals surface area contributed by atoms with Gasteiger partial charge in [0.05, 0.1) is 11.4 Å². The Labute approximate surface area is 186 Å². The number of carbonyl (C=O) groups excluding carboxylic acids is 1. The van der Waals surface area contributed by atoms with Crippen molar-refractivity contribution in [1.29, 1.82) is 0 Å². The Hall–Kier alpha value is -3.36. The maximum Gasteiger partial charge on any atom is 0.262 e. The van der Waals surface area contributed by atoms with Crippen LogP contribution in [0.25, 0.3) is 4.96 Å². The Bertz CT molecular complexity index is 1290. The molecule has 4 aromatic rings. The van der Waals surface area contributed by atoms with Gasteiger partial charge in [-0.15, -0.1) is 11.3 Å². The van der Waals surface area contributed by atoms with Crippen LogP contribution in [-0.2, 0) is 11.4 Å². The predicted octanol–water partition coefficient (Wildman–Crippen LogP) is 4.31. The van der Waals surface area contributed by atoms with Crippen molar-refractivity contribution in [3.8, 4) is 11.5 Å². The summed E-state index contributed by atoms with van der Waals surface area (Å²) < 4.78 is 12.8. The summed E-state index contributed by atoms with van der Waals surface area (Å²) in [5.41, 5.74) is 0.723. The van der Waals surface area contributed by atoms with Crippen molar-refractivity contribution in [1.82, 2.24) is 9.38 Å². The number of nitrogens with one attached hydrogen (secondary N) is 1. The third kappa shape index (κ3) is 5.22. The zero-order valence-corrected chi connectivity index (χ0v) is 18.1. The molecule has 31 heavy (non-hydrogen) atoms. The number of thiazole rings is 1. The monoisotopic (exact) mass is 455 g/mol. The largest absolute Gasteiger partial charge is 0.485 e. The number of fused-ring (bicyclic) bond motifs is 1. The summed E-state index contributed by atoms with van der Waals surface area (Å²) in [6.07, 6.45) is 1.75. The SMILES string of the molecule is Cc1cn2c(=O)cc(COc3ccc(Cl)cc3NC(=O)COc3ccccc3)nc2s1. The third-order valence-electron chi connectivity index (χ3n) is 4.24. The molecule has 9 heteroatoms. The molecule has 2 aromatic heterocycles. The van der Waals surface area contributed by atoms with Gasteiger partial charge >= 0.3 is 0 Å². The fourth-order valence-electron chi connectivity index (χ4n) is 2.86. The van der Waals surface area contributed by atoms with Crippen molar-refractivity contribution in [2.75, 3.05) is 11.9 Å². The van der Waals surface area contributed by atoms with E-state index in [9.17, 15) is 9.59 Å². The minimum atomic E-state index is -0.359. The van der Waals surface area contributed by atoms with Gasteiger partial charge in [-0.05, 0) is 37.3 Å². The Morgan fingerprint density at radius 1 is 1.16 bits per heavy atom. The van der Waals surface area contributed by atoms with Crippen LogP contribution >= 0.6 is 22.9 Å². The summed E-state index contributed by atoms with van der Waals surface area (Å²) in [7, 11) is 0. The zero-order chi connectivity index (χ0) is 21.8. The van der Waals surface area contributed by atoms with Gasteiger partial charge in [0.25, 0.3) is 11.5 Å². The summed E-state index contributed by atoms with van der Waals surface area (Å²) in [4.78, 5) is 30.6. The molecular formula is C22H18ClN3O4S. The number of hydrogen-bond acceptors (Lipinski definition) is 6. The number of nitrogens with zero attached hydrogens (tertiary/aromatic N) is 2. The van der Waals surface area contributed by atoms with E-state index in [0.717, 1.165) is 4.88 Å². The highest BCUT2D eigenvalue weighted by Crippen LogP contribution is 2.29. The van der Waals surface area contributed by atoms with Crippen molar-refractivity contribution in [2.24, 2.45) is 0 Å². The van der Waals surface area contributed by atoms with Gasteiger partial charge in [-0.3, -0.25) is 14.0 Å². The number of halogens is 1. The summed E-state index contributed by atoms with van der Waals surface area (Å²) >= 11 is 7.51. The highest BCUT2D eigenvalue weighted by molar-refractivity contribution is 7.16. The first-order valence-corrected chi connectivity index (χ1v) is 10.6. The Balaban J connectivity index is 1.45. The van der Waals surface area contributed by atoms with Crippen LogP contribution in [0.1, 0.15) is 10.6 Å². The minimum Gasteiger partial charge on any atom is -0.485 e. The first-order valence-electron chi connectivity index (χ1n) is 9.37. The lowest BCUT2D eigenvalue weighted by molar-refractivity contribution is -0.118. The molecule has 0 aliphatic carbocycles. The van der Waals surface area contributed by atoms with Crippen molar-refractivity contribution in [2.45, 2.75) is 13.5 Å². The molecule has 4 rings (SSSR count). The summed E-state index contributed by atoms with van der Waals surface area (Å²) in [5.74, 6) is 0.640. The molecule has 2 heterocycles. The lowest BCUT2D eigenvalue weighted by Gasteiger charge is -2.13. The number of anilines is 1. The Kier molecular flexibility index (Phi) is 6.20. The summed E-state index contributed by atoms with van der Waals surface area (Å²) in [5, 5.41) is 3.19. The molecule has 0 bridgehead atoms. The predicted molar refractivity (Wildman–Crippen MR) is 120 cm³/mol. The number of carbonyl (C=O) groups is 1. The average Bonchev–Trinajstić information content (AvgIpc) is 3.13. The van der Waals surface area contributed by atoms with Crippen LogP contribution in [0.15, 0.2) is 65.6 Å². The number of aromatic nitrogens is 2. The standard InChI is InChI=1S/C22H18ClN3O4S/c1-14-11-26-21(28)10-16(24-22(26)31-14)12-30-19-8-7-15(23)9-18(19)25-20(27)13-29-17-5-3-2-4-6-17/h2-11H,12-13H2,1H3,(H,25,27). The highest BCUT2D eigenvalue weighted by Gasteiger charge is 2.12. The Morgan fingerprint density at radius 2 is 1.97 bits per heavy atom. The molecule has 7 nitrogen and oxygen atoms in total. The number of benzene rings is 2. The van der Waals surface area contributed by atoms with Gasteiger partial charge in [-0.1, -0.05) is 29.8 Å². The van der Waals surface area contributed by atoms with Gasteiger partial charge in [0.15, 0.2) is 11.6 Å². The van der Waals surface area contributed by atoms with Gasteiger partial charge in [-0.2, -0.15) is 0 Å². The van der Waals surface area contributed by atoms with Crippen LogP contribution in [0.5, 0.6) is 11.5 Å². The van der Waals surface area contributed by atoms with Crippen molar-refractivity contribution in [3.63, 3.8) is 0 Å². The molecule has 0 saturated carbocycles. The van der Waals surface area contributed by atoms with E-state index in [2.05, 4.69) is 10.3 Å². The molecule has 2 aromatic carbocycles. The van der Waals surface area contributed by atoms with Crippen LogP contribution in [0.2, 0.25) is 5.02 Å². The fourth-order valence-corrected chi connectivity index (χ4v) is 3.88. The van der Waals surface area contributed by atoms with E-state index in [1.165, 1.54) is 21.8 Å². The number of rotatable bonds is 7. The van der Waals surface area contributed by atoms with Crippen LogP contribution in [-0.4, -0.2) is 21.9 Å². The van der Waals surface area contributed by atoms with E-state index in [1.807, 2.05) is 25.1 Å². The minimum absolute atomic E-state index is 0.0632. The van der Waals surface area contributed by atoms with E-state index in [-0.39, 0.29) is 24.7 Å². The number of ether oxygens (including phenoxy) is 2. The molecule has 0 saturated heterocycles. The molecule has 0 unspecified atom stereocenters. The normalized spacial score (nSPS) is 10.8. The van der Waals surface area contributed by atoms with E-state index >= 15 is 0 Å². The van der Waals surface area contributed by atoms with Crippen molar-refractivity contribution < 1.29 is 14.3 Å². The Morgan fingerprint density at radius 3 is 2.77 bits per heavy atom. The average molecular weight is 456 g/mol. The van der Waals surface area contributed by atoms with Crippen molar-refractivity contribution in [3.05, 3.63) is 86.7 Å². The molecule has 0 aliphatic heterocycles. The van der Waals surface area contributed by atoms with Gasteiger partial charge in [0, 0.05) is 22.2 Å². The van der Waals surface area contributed by atoms with Crippen molar-refractivity contribution >= 4 is 39.5 Å². The van der Waals surface area contributed by atoms with Crippen LogP contribution in [0, 0.1) is 6.92 Å². The van der Waals surface area contributed by atoms with Gasteiger partial charge in [0.1, 0.15) is 18.1 Å². The molecule has 0 atom stereocenters. The quantitative estimate of drug-likeness (QED) is 0.449. The zero-order valence-electron chi connectivity index (χ0n) is 16.5.